The molecule has 128 valence electrons. The first kappa shape index (κ1) is 16.8. The largest absolute Gasteiger partial charge is 0.487 e. The van der Waals surface area contributed by atoms with Gasteiger partial charge < -0.3 is 20.1 Å². The molecular formula is C17H24ClFN2O2. The minimum atomic E-state index is -0.473. The van der Waals surface area contributed by atoms with E-state index in [0.29, 0.717) is 18.1 Å². The fourth-order valence-corrected chi connectivity index (χ4v) is 4.08. The van der Waals surface area contributed by atoms with Crippen molar-refractivity contribution in [3.05, 3.63) is 23.0 Å². The quantitative estimate of drug-likeness (QED) is 0.883. The van der Waals surface area contributed by atoms with Gasteiger partial charge in [0.2, 0.25) is 0 Å². The number of benzene rings is 1. The van der Waals surface area contributed by atoms with Crippen molar-refractivity contribution in [3.8, 4) is 5.75 Å². The third kappa shape index (κ3) is 3.57. The van der Waals surface area contributed by atoms with Crippen LogP contribution in [-0.2, 0) is 0 Å². The molecule has 0 amide bonds. The third-order valence-electron chi connectivity index (χ3n) is 4.75. The highest BCUT2D eigenvalue weighted by atomic mass is 35.5. The number of nitrogens with one attached hydrogen (secondary N) is 1. The topological polar surface area (TPSA) is 44.7 Å². The van der Waals surface area contributed by atoms with E-state index in [1.165, 1.54) is 25.3 Å². The lowest BCUT2D eigenvalue weighted by Crippen LogP contribution is -2.62. The van der Waals surface area contributed by atoms with E-state index < -0.39 is 5.82 Å². The van der Waals surface area contributed by atoms with Gasteiger partial charge in [0.1, 0.15) is 6.61 Å². The molecule has 6 heteroatoms. The second kappa shape index (κ2) is 7.24. The Hall–Kier alpha value is -1.04. The lowest BCUT2D eigenvalue weighted by atomic mass is 9.86. The summed E-state index contributed by atoms with van der Waals surface area (Å²) in [7, 11) is 0. The van der Waals surface area contributed by atoms with Gasteiger partial charge in [-0.05, 0) is 25.8 Å². The van der Waals surface area contributed by atoms with Crippen LogP contribution in [0, 0.1) is 5.82 Å². The molecule has 1 saturated carbocycles. The molecule has 2 N–H and O–H groups in total. The van der Waals surface area contributed by atoms with Gasteiger partial charge in [-0.2, -0.15) is 0 Å². The Labute approximate surface area is 141 Å². The molecule has 2 fully saturated rings. The normalized spacial score (nSPS) is 27.7. The van der Waals surface area contributed by atoms with Gasteiger partial charge in [-0.15, -0.1) is 0 Å². The maximum absolute atomic E-state index is 14.4. The minimum Gasteiger partial charge on any atom is -0.487 e. The smallest absolute Gasteiger partial charge is 0.173 e. The van der Waals surface area contributed by atoms with Gasteiger partial charge >= 0.3 is 0 Å². The zero-order valence-corrected chi connectivity index (χ0v) is 14.2. The summed E-state index contributed by atoms with van der Waals surface area (Å²) in [6.07, 6.45) is 4.74. The predicted molar refractivity (Wildman–Crippen MR) is 90.0 cm³/mol. The number of hydrogen-bond donors (Lipinski definition) is 2. The molecule has 0 unspecified atom stereocenters. The molecule has 1 aromatic rings. The van der Waals surface area contributed by atoms with Crippen LogP contribution < -0.4 is 15.0 Å². The first-order valence-corrected chi connectivity index (χ1v) is 8.73. The highest BCUT2D eigenvalue weighted by Crippen LogP contribution is 2.36. The number of nitrogens with zero attached hydrogens (tertiary/aromatic N) is 1. The van der Waals surface area contributed by atoms with E-state index >= 15 is 0 Å². The number of halogens is 2. The van der Waals surface area contributed by atoms with E-state index in [1.54, 1.807) is 6.07 Å². The van der Waals surface area contributed by atoms with Gasteiger partial charge in [0, 0.05) is 36.4 Å². The van der Waals surface area contributed by atoms with E-state index in [9.17, 15) is 4.39 Å². The Kier molecular flexibility index (Phi) is 5.29. The number of aliphatic hydroxyl groups excluding tert-OH is 1. The van der Waals surface area contributed by atoms with Crippen molar-refractivity contribution in [3.63, 3.8) is 0 Å². The highest BCUT2D eigenvalue weighted by Gasteiger charge is 2.36. The fraction of sp³-hybridized carbons (Fsp3) is 0.647. The molecular weight excluding hydrogens is 319 g/mol. The first-order valence-electron chi connectivity index (χ1n) is 8.35. The van der Waals surface area contributed by atoms with Crippen LogP contribution >= 0.6 is 11.6 Å². The number of rotatable bonds is 4. The second-order valence-electron chi connectivity index (χ2n) is 6.49. The van der Waals surface area contributed by atoms with E-state index in [4.69, 9.17) is 21.4 Å². The molecule has 4 nitrogen and oxygen atoms in total. The molecule has 0 radical (unpaired) electrons. The molecule has 1 aromatic carbocycles. The average molecular weight is 343 g/mol. The van der Waals surface area contributed by atoms with Gasteiger partial charge in [0.05, 0.1) is 11.6 Å². The summed E-state index contributed by atoms with van der Waals surface area (Å²) in [6, 6.07) is 4.49. The Balaban J connectivity index is 1.87. The van der Waals surface area contributed by atoms with Crippen LogP contribution in [0.5, 0.6) is 5.75 Å². The Morgan fingerprint density at radius 3 is 2.91 bits per heavy atom. The lowest BCUT2D eigenvalue weighted by Gasteiger charge is -2.48. The van der Waals surface area contributed by atoms with Crippen LogP contribution in [0.25, 0.3) is 0 Å². The summed E-state index contributed by atoms with van der Waals surface area (Å²) in [4.78, 5) is 2.29. The number of aliphatic hydroxyl groups is 1. The molecule has 0 spiro atoms. The van der Waals surface area contributed by atoms with Crippen molar-refractivity contribution < 1.29 is 14.2 Å². The fourth-order valence-electron chi connectivity index (χ4n) is 3.82. The molecule has 0 bridgehead atoms. The van der Waals surface area contributed by atoms with Crippen molar-refractivity contribution in [1.29, 1.82) is 0 Å². The van der Waals surface area contributed by atoms with Crippen molar-refractivity contribution in [2.24, 2.45) is 0 Å². The van der Waals surface area contributed by atoms with Crippen molar-refractivity contribution in [2.75, 3.05) is 24.7 Å². The maximum atomic E-state index is 14.4. The number of fused-ring (bicyclic) bond motifs is 1. The predicted octanol–water partition coefficient (Wildman–Crippen LogP) is 2.96. The van der Waals surface area contributed by atoms with Gasteiger partial charge in [0.25, 0.3) is 0 Å². The highest BCUT2D eigenvalue weighted by molar-refractivity contribution is 6.32. The molecule has 2 aliphatic rings. The lowest BCUT2D eigenvalue weighted by molar-refractivity contribution is 0.196. The van der Waals surface area contributed by atoms with E-state index in [0.717, 1.165) is 18.7 Å². The molecule has 1 heterocycles. The Bertz CT molecular complexity index is 534. The minimum absolute atomic E-state index is 0.0212. The molecule has 0 aromatic heterocycles. The Morgan fingerprint density at radius 2 is 2.17 bits per heavy atom. The summed E-state index contributed by atoms with van der Waals surface area (Å²) in [5, 5.41) is 12.7. The molecule has 23 heavy (non-hydrogen) atoms. The van der Waals surface area contributed by atoms with Gasteiger partial charge in [-0.3, -0.25) is 0 Å². The molecule has 3 atom stereocenters. The van der Waals surface area contributed by atoms with Crippen molar-refractivity contribution >= 4 is 17.3 Å². The first-order chi connectivity index (χ1) is 11.1. The molecule has 1 saturated heterocycles. The van der Waals surface area contributed by atoms with E-state index in [2.05, 4.69) is 17.1 Å². The number of hydrogen-bond acceptors (Lipinski definition) is 4. The van der Waals surface area contributed by atoms with Gasteiger partial charge in [-0.25, -0.2) is 4.39 Å². The summed E-state index contributed by atoms with van der Waals surface area (Å²) < 4.78 is 19.6. The summed E-state index contributed by atoms with van der Waals surface area (Å²) in [5.74, 6) is -0.452. The number of piperazine rings is 1. The average Bonchev–Trinajstić information content (AvgIpc) is 2.53. The van der Waals surface area contributed by atoms with Gasteiger partial charge in [0.15, 0.2) is 11.6 Å². The van der Waals surface area contributed by atoms with Crippen molar-refractivity contribution in [1.82, 2.24) is 5.32 Å². The zero-order chi connectivity index (χ0) is 16.4. The zero-order valence-electron chi connectivity index (χ0n) is 13.4. The summed E-state index contributed by atoms with van der Waals surface area (Å²) in [5.41, 5.74) is 0.814. The van der Waals surface area contributed by atoms with Crippen molar-refractivity contribution in [2.45, 2.75) is 50.7 Å². The van der Waals surface area contributed by atoms with Crippen LogP contribution in [-0.4, -0.2) is 43.0 Å². The summed E-state index contributed by atoms with van der Waals surface area (Å²) in [6.45, 7) is 2.87. The summed E-state index contributed by atoms with van der Waals surface area (Å²) >= 11 is 6.21. The number of ether oxygens (including phenoxy) is 1. The second-order valence-corrected chi connectivity index (χ2v) is 6.90. The van der Waals surface area contributed by atoms with Crippen LogP contribution in [0.3, 0.4) is 0 Å². The van der Waals surface area contributed by atoms with Crippen LogP contribution in [0.1, 0.15) is 32.6 Å². The van der Waals surface area contributed by atoms with Gasteiger partial charge in [-0.1, -0.05) is 24.4 Å². The van der Waals surface area contributed by atoms with Crippen LogP contribution in [0.2, 0.25) is 5.02 Å². The maximum Gasteiger partial charge on any atom is 0.173 e. The van der Waals surface area contributed by atoms with E-state index in [1.807, 2.05) is 0 Å². The molecule has 1 aliphatic heterocycles. The van der Waals surface area contributed by atoms with Crippen LogP contribution in [0.15, 0.2) is 12.1 Å². The van der Waals surface area contributed by atoms with E-state index in [-0.39, 0.29) is 24.0 Å². The Morgan fingerprint density at radius 1 is 1.39 bits per heavy atom. The molecule has 3 rings (SSSR count). The monoisotopic (exact) mass is 342 g/mol. The van der Waals surface area contributed by atoms with Crippen LogP contribution in [0.4, 0.5) is 10.1 Å². The standard InChI is InChI=1S/C17H24ClFN2O2/c1-11-10-21(16-5-3-2-4-15(16)20-11)12-8-13(18)17(14(19)9-12)23-7-6-22/h8-9,11,15-16,20,22H,2-7,10H2,1H3/t11-,15+,16-/m0/s1. The third-order valence-corrected chi connectivity index (χ3v) is 5.03. The number of anilines is 1. The SMILES string of the molecule is C[C@H]1CN(c2cc(F)c(OCCO)c(Cl)c2)[C@H]2CCCC[C@H]2N1. The molecule has 1 aliphatic carbocycles.